The van der Waals surface area contributed by atoms with Crippen molar-refractivity contribution >= 4 is 22.7 Å². The van der Waals surface area contributed by atoms with Crippen molar-refractivity contribution in [2.45, 2.75) is 32.7 Å². The Morgan fingerprint density at radius 3 is 2.64 bits per heavy atom. The Balaban J connectivity index is 1.59. The minimum absolute atomic E-state index is 0.000206. The molecule has 1 N–H and O–H groups in total. The molecule has 5 rings (SSSR count). The third-order valence-electron chi connectivity index (χ3n) is 5.92. The number of H-pyrrole nitrogens is 1. The van der Waals surface area contributed by atoms with Crippen LogP contribution in [0.15, 0.2) is 55.0 Å². The molecule has 0 bridgehead atoms. The summed E-state index contributed by atoms with van der Waals surface area (Å²) >= 11 is 0. The van der Waals surface area contributed by atoms with Crippen LogP contribution in [-0.2, 0) is 4.79 Å². The van der Waals surface area contributed by atoms with Gasteiger partial charge >= 0.3 is 0 Å². The van der Waals surface area contributed by atoms with E-state index in [4.69, 9.17) is 4.74 Å². The lowest BCUT2D eigenvalue weighted by Gasteiger charge is -2.25. The van der Waals surface area contributed by atoms with Crippen LogP contribution in [0.25, 0.3) is 22.6 Å². The van der Waals surface area contributed by atoms with Crippen LogP contribution in [0.3, 0.4) is 0 Å². The second-order valence-electron chi connectivity index (χ2n) is 8.14. The Morgan fingerprint density at radius 2 is 1.94 bits per heavy atom. The van der Waals surface area contributed by atoms with Gasteiger partial charge in [0, 0.05) is 43.1 Å². The van der Waals surface area contributed by atoms with E-state index in [0.29, 0.717) is 28.6 Å². The van der Waals surface area contributed by atoms with Crippen molar-refractivity contribution in [1.29, 1.82) is 0 Å². The van der Waals surface area contributed by atoms with Crippen LogP contribution >= 0.6 is 0 Å². The fourth-order valence-corrected chi connectivity index (χ4v) is 4.30. The van der Waals surface area contributed by atoms with Crippen LogP contribution in [0, 0.1) is 0 Å². The monoisotopic (exact) mass is 441 g/mol. The summed E-state index contributed by atoms with van der Waals surface area (Å²) in [5.74, 6) is 1.90. The molecule has 0 saturated carbocycles. The van der Waals surface area contributed by atoms with Crippen LogP contribution in [0.1, 0.15) is 48.7 Å². The highest BCUT2D eigenvalue weighted by atomic mass is 16.5. The lowest BCUT2D eigenvalue weighted by Crippen LogP contribution is -2.28. The van der Waals surface area contributed by atoms with Gasteiger partial charge in [0.2, 0.25) is 5.91 Å². The van der Waals surface area contributed by atoms with Crippen LogP contribution in [0.4, 0.5) is 0 Å². The summed E-state index contributed by atoms with van der Waals surface area (Å²) < 4.78 is 6.28. The van der Waals surface area contributed by atoms with Crippen LogP contribution < -0.4 is 4.74 Å². The largest absolute Gasteiger partial charge is 0.457 e. The number of carbonyl (C=O) groups is 2. The number of rotatable bonds is 5. The molecule has 8 nitrogen and oxygen atoms in total. The Kier molecular flexibility index (Phi) is 5.34. The maximum absolute atomic E-state index is 12.3. The molecule has 2 aromatic carbocycles. The number of ketones is 1. The number of aromatic amines is 1. The average molecular weight is 441 g/mol. The van der Waals surface area contributed by atoms with E-state index >= 15 is 0 Å². The topological polar surface area (TPSA) is 101 Å². The summed E-state index contributed by atoms with van der Waals surface area (Å²) in [5.41, 5.74) is 3.74. The fraction of sp³-hybridized carbons (Fsp3) is 0.240. The van der Waals surface area contributed by atoms with Crippen molar-refractivity contribution < 1.29 is 14.3 Å². The van der Waals surface area contributed by atoms with Gasteiger partial charge in [0.05, 0.1) is 23.3 Å². The van der Waals surface area contributed by atoms with E-state index < -0.39 is 0 Å². The Morgan fingerprint density at radius 1 is 1.12 bits per heavy atom. The second-order valence-corrected chi connectivity index (χ2v) is 8.14. The predicted octanol–water partition coefficient (Wildman–Crippen LogP) is 4.70. The van der Waals surface area contributed by atoms with Crippen LogP contribution in [-0.4, -0.2) is 43.1 Å². The number of nitrogens with one attached hydrogen (secondary N) is 1. The number of hydrogen-bond acceptors (Lipinski definition) is 6. The molecule has 33 heavy (non-hydrogen) atoms. The van der Waals surface area contributed by atoms with Gasteiger partial charge in [0.1, 0.15) is 17.2 Å². The van der Waals surface area contributed by atoms with Gasteiger partial charge in [-0.25, -0.2) is 9.97 Å². The molecule has 1 aliphatic rings. The summed E-state index contributed by atoms with van der Waals surface area (Å²) in [6.45, 7) is 3.85. The molecule has 0 spiro atoms. The maximum Gasteiger partial charge on any atom is 0.219 e. The van der Waals surface area contributed by atoms with Crippen molar-refractivity contribution in [3.05, 3.63) is 66.1 Å². The normalized spacial score (nSPS) is 15.7. The first-order valence-corrected chi connectivity index (χ1v) is 10.9. The SMILES string of the molecule is CC(=O)c1ccc(Oc2cc3nc(-c4cnccn4)[nH]c3cc2C2CCCN2C(C)=O)cc1. The lowest BCUT2D eigenvalue weighted by molar-refractivity contribution is -0.129. The standard InChI is InChI=1S/C25H23N5O3/c1-15(31)17-5-7-18(8-6-17)33-24-13-21-20(28-25(29-21)22-14-26-9-10-27-22)12-19(24)23-4-3-11-30(23)16(2)32/h5-10,12-14,23H,3-4,11H2,1-2H3,(H,28,29). The molecule has 1 amide bonds. The quantitative estimate of drug-likeness (QED) is 0.451. The van der Waals surface area contributed by atoms with Gasteiger partial charge in [-0.15, -0.1) is 0 Å². The summed E-state index contributed by atoms with van der Waals surface area (Å²) in [6, 6.07) is 10.9. The highest BCUT2D eigenvalue weighted by Gasteiger charge is 2.31. The Bertz CT molecular complexity index is 1330. The van der Waals surface area contributed by atoms with E-state index in [1.54, 1.807) is 49.8 Å². The summed E-state index contributed by atoms with van der Waals surface area (Å²) in [6.07, 6.45) is 6.68. The van der Waals surface area contributed by atoms with E-state index in [2.05, 4.69) is 19.9 Å². The highest BCUT2D eigenvalue weighted by molar-refractivity contribution is 5.94. The molecular formula is C25H23N5O3. The summed E-state index contributed by atoms with van der Waals surface area (Å²) in [7, 11) is 0. The first-order valence-electron chi connectivity index (χ1n) is 10.9. The molecule has 0 radical (unpaired) electrons. The van der Waals surface area contributed by atoms with Gasteiger partial charge in [-0.1, -0.05) is 0 Å². The van der Waals surface area contributed by atoms with Crippen molar-refractivity contribution in [2.24, 2.45) is 0 Å². The van der Waals surface area contributed by atoms with Crippen molar-refractivity contribution in [1.82, 2.24) is 24.8 Å². The zero-order valence-corrected chi connectivity index (χ0v) is 18.4. The third kappa shape index (κ3) is 4.07. The fourth-order valence-electron chi connectivity index (χ4n) is 4.30. The molecule has 8 heteroatoms. The Labute approximate surface area is 190 Å². The van der Waals surface area contributed by atoms with Crippen molar-refractivity contribution in [2.75, 3.05) is 6.54 Å². The minimum atomic E-state index is -0.0818. The van der Waals surface area contributed by atoms with Gasteiger partial charge in [0.15, 0.2) is 11.6 Å². The molecule has 1 atom stereocenters. The molecule has 1 saturated heterocycles. The van der Waals surface area contributed by atoms with Crippen molar-refractivity contribution in [3.63, 3.8) is 0 Å². The lowest BCUT2D eigenvalue weighted by atomic mass is 10.0. The van der Waals surface area contributed by atoms with E-state index in [9.17, 15) is 9.59 Å². The van der Waals surface area contributed by atoms with Gasteiger partial charge < -0.3 is 14.6 Å². The predicted molar refractivity (Wildman–Crippen MR) is 123 cm³/mol. The smallest absolute Gasteiger partial charge is 0.219 e. The van der Waals surface area contributed by atoms with E-state index in [1.807, 2.05) is 17.0 Å². The molecule has 2 aromatic heterocycles. The number of imidazole rings is 1. The molecule has 0 aliphatic carbocycles. The van der Waals surface area contributed by atoms with E-state index in [0.717, 1.165) is 36.0 Å². The van der Waals surface area contributed by atoms with Crippen molar-refractivity contribution in [3.8, 4) is 23.0 Å². The Hall–Kier alpha value is -4.07. The number of benzene rings is 2. The van der Waals surface area contributed by atoms with E-state index in [1.165, 1.54) is 6.92 Å². The van der Waals surface area contributed by atoms with Crippen LogP contribution in [0.5, 0.6) is 11.5 Å². The number of ether oxygens (including phenoxy) is 1. The van der Waals surface area contributed by atoms with Gasteiger partial charge in [-0.3, -0.25) is 14.6 Å². The number of nitrogens with zero attached hydrogens (tertiary/aromatic N) is 4. The first kappa shape index (κ1) is 20.8. The number of aromatic nitrogens is 4. The van der Waals surface area contributed by atoms with Gasteiger partial charge in [-0.05, 0) is 50.1 Å². The highest BCUT2D eigenvalue weighted by Crippen LogP contribution is 2.41. The number of carbonyl (C=O) groups excluding carboxylic acids is 2. The van der Waals surface area contributed by atoms with Gasteiger partial charge in [0.25, 0.3) is 0 Å². The van der Waals surface area contributed by atoms with E-state index in [-0.39, 0.29) is 17.7 Å². The van der Waals surface area contributed by atoms with Crippen LogP contribution in [0.2, 0.25) is 0 Å². The number of likely N-dealkylation sites (tertiary alicyclic amines) is 1. The summed E-state index contributed by atoms with van der Waals surface area (Å²) in [4.78, 5) is 42.2. The number of Topliss-reactive ketones (excluding diaryl/α,β-unsaturated/α-hetero) is 1. The molecule has 3 heterocycles. The second kappa shape index (κ2) is 8.46. The molecule has 1 aliphatic heterocycles. The summed E-state index contributed by atoms with van der Waals surface area (Å²) in [5, 5.41) is 0. The third-order valence-corrected chi connectivity index (χ3v) is 5.92. The molecule has 4 aromatic rings. The maximum atomic E-state index is 12.3. The van der Waals surface area contributed by atoms with Gasteiger partial charge in [-0.2, -0.15) is 0 Å². The molecule has 1 unspecified atom stereocenters. The first-order chi connectivity index (χ1) is 16.0. The minimum Gasteiger partial charge on any atom is -0.457 e. The molecule has 1 fully saturated rings. The zero-order chi connectivity index (χ0) is 22.9. The number of amides is 1. The zero-order valence-electron chi connectivity index (χ0n) is 18.4. The number of fused-ring (bicyclic) bond motifs is 1. The number of hydrogen-bond donors (Lipinski definition) is 1. The molecular weight excluding hydrogens is 418 g/mol. The average Bonchev–Trinajstić information content (AvgIpc) is 3.46. The molecule has 166 valence electrons.